The first-order valence-electron chi connectivity index (χ1n) is 8.61. The third-order valence-corrected chi connectivity index (χ3v) is 4.80. The van der Waals surface area contributed by atoms with E-state index in [0.717, 1.165) is 37.8 Å². The first-order chi connectivity index (χ1) is 11.1. The Balaban J connectivity index is 1.58. The zero-order chi connectivity index (χ0) is 16.2. The van der Waals surface area contributed by atoms with Gasteiger partial charge in [-0.2, -0.15) is 0 Å². The standard InChI is InChI=1S/C18H26N2O3/c21-16-7-3-14(4-8-16)12-20(11-13-1-2-13)18(23)19-15-5-9-17(22)10-6-15/h3-4,7-8,13,15,17,21-22H,1-2,5-6,9-12H2,(H,19,23). The van der Waals surface area contributed by atoms with Crippen molar-refractivity contribution in [1.29, 1.82) is 0 Å². The molecule has 5 heteroatoms. The van der Waals surface area contributed by atoms with Crippen molar-refractivity contribution < 1.29 is 15.0 Å². The molecule has 0 aromatic heterocycles. The summed E-state index contributed by atoms with van der Waals surface area (Å²) in [4.78, 5) is 14.5. The predicted molar refractivity (Wildman–Crippen MR) is 88.0 cm³/mol. The molecule has 2 amide bonds. The number of phenolic OH excluding ortho intramolecular Hbond substituents is 1. The fourth-order valence-corrected chi connectivity index (χ4v) is 3.14. The number of nitrogens with zero attached hydrogens (tertiary/aromatic N) is 1. The van der Waals surface area contributed by atoms with Crippen molar-refractivity contribution in [2.24, 2.45) is 5.92 Å². The molecule has 0 saturated heterocycles. The van der Waals surface area contributed by atoms with Gasteiger partial charge in [0, 0.05) is 19.1 Å². The van der Waals surface area contributed by atoms with Crippen LogP contribution in [-0.4, -0.2) is 39.8 Å². The van der Waals surface area contributed by atoms with Crippen molar-refractivity contribution in [2.75, 3.05) is 6.54 Å². The van der Waals surface area contributed by atoms with Gasteiger partial charge in [-0.15, -0.1) is 0 Å². The van der Waals surface area contributed by atoms with E-state index in [1.54, 1.807) is 12.1 Å². The number of carbonyl (C=O) groups is 1. The van der Waals surface area contributed by atoms with Crippen molar-refractivity contribution in [1.82, 2.24) is 10.2 Å². The topological polar surface area (TPSA) is 72.8 Å². The quantitative estimate of drug-likeness (QED) is 0.781. The van der Waals surface area contributed by atoms with Gasteiger partial charge >= 0.3 is 6.03 Å². The monoisotopic (exact) mass is 318 g/mol. The van der Waals surface area contributed by atoms with E-state index in [1.165, 1.54) is 12.8 Å². The summed E-state index contributed by atoms with van der Waals surface area (Å²) in [5.74, 6) is 0.874. The van der Waals surface area contributed by atoms with Gasteiger partial charge in [-0.3, -0.25) is 0 Å². The smallest absolute Gasteiger partial charge is 0.317 e. The van der Waals surface area contributed by atoms with Crippen LogP contribution in [0, 0.1) is 5.92 Å². The number of amides is 2. The summed E-state index contributed by atoms with van der Waals surface area (Å²) < 4.78 is 0. The Kier molecular flexibility index (Phi) is 5.06. The van der Waals surface area contributed by atoms with E-state index in [0.29, 0.717) is 12.5 Å². The maximum absolute atomic E-state index is 12.6. The van der Waals surface area contributed by atoms with Crippen LogP contribution in [0.15, 0.2) is 24.3 Å². The normalized spacial score (nSPS) is 24.2. The number of urea groups is 1. The Morgan fingerprint density at radius 1 is 1.09 bits per heavy atom. The molecular formula is C18H26N2O3. The molecular weight excluding hydrogens is 292 g/mol. The first kappa shape index (κ1) is 16.1. The molecule has 2 saturated carbocycles. The maximum Gasteiger partial charge on any atom is 0.317 e. The molecule has 0 bridgehead atoms. The third kappa shape index (κ3) is 4.86. The molecule has 1 aromatic carbocycles. The van der Waals surface area contributed by atoms with Gasteiger partial charge in [-0.05, 0) is 62.1 Å². The lowest BCUT2D eigenvalue weighted by Gasteiger charge is -2.30. The fourth-order valence-electron chi connectivity index (χ4n) is 3.14. The number of phenols is 1. The number of benzene rings is 1. The molecule has 1 aromatic rings. The van der Waals surface area contributed by atoms with Crippen LogP contribution in [0.3, 0.4) is 0 Å². The van der Waals surface area contributed by atoms with Gasteiger partial charge < -0.3 is 20.4 Å². The van der Waals surface area contributed by atoms with Crippen molar-refractivity contribution in [3.8, 4) is 5.75 Å². The highest BCUT2D eigenvalue weighted by atomic mass is 16.3. The largest absolute Gasteiger partial charge is 0.508 e. The molecule has 2 fully saturated rings. The summed E-state index contributed by atoms with van der Waals surface area (Å²) in [5, 5.41) is 22.1. The van der Waals surface area contributed by atoms with Crippen LogP contribution in [0.5, 0.6) is 5.75 Å². The average Bonchev–Trinajstić information content (AvgIpc) is 3.35. The minimum absolute atomic E-state index is 0.00800. The molecule has 2 aliphatic rings. The molecule has 0 spiro atoms. The maximum atomic E-state index is 12.6. The number of hydrogen-bond acceptors (Lipinski definition) is 3. The van der Waals surface area contributed by atoms with E-state index in [-0.39, 0.29) is 23.9 Å². The Bertz CT molecular complexity index is 520. The molecule has 0 radical (unpaired) electrons. The summed E-state index contributed by atoms with van der Waals surface area (Å²) >= 11 is 0. The van der Waals surface area contributed by atoms with Crippen LogP contribution in [0.1, 0.15) is 44.1 Å². The number of nitrogens with one attached hydrogen (secondary N) is 1. The number of aliphatic hydroxyl groups excluding tert-OH is 1. The van der Waals surface area contributed by atoms with Crippen LogP contribution >= 0.6 is 0 Å². The van der Waals surface area contributed by atoms with Gasteiger partial charge in [-0.1, -0.05) is 12.1 Å². The van der Waals surface area contributed by atoms with E-state index in [4.69, 9.17) is 0 Å². The summed E-state index contributed by atoms with van der Waals surface area (Å²) in [6.45, 7) is 1.36. The second-order valence-corrected chi connectivity index (χ2v) is 6.95. The van der Waals surface area contributed by atoms with Crippen LogP contribution < -0.4 is 5.32 Å². The summed E-state index contributed by atoms with van der Waals surface area (Å²) in [7, 11) is 0. The van der Waals surface area contributed by atoms with E-state index >= 15 is 0 Å². The Morgan fingerprint density at radius 2 is 1.74 bits per heavy atom. The lowest BCUT2D eigenvalue weighted by molar-refractivity contribution is 0.114. The number of hydrogen-bond donors (Lipinski definition) is 3. The molecule has 3 N–H and O–H groups in total. The van der Waals surface area contributed by atoms with Crippen molar-refractivity contribution in [3.05, 3.63) is 29.8 Å². The van der Waals surface area contributed by atoms with E-state index < -0.39 is 0 Å². The lowest BCUT2D eigenvalue weighted by Crippen LogP contribution is -2.46. The predicted octanol–water partition coefficient (Wildman–Crippen LogP) is 2.62. The number of carbonyl (C=O) groups excluding carboxylic acids is 1. The summed E-state index contributed by atoms with van der Waals surface area (Å²) in [5.41, 5.74) is 1.03. The lowest BCUT2D eigenvalue weighted by atomic mass is 9.93. The minimum Gasteiger partial charge on any atom is -0.508 e. The van der Waals surface area contributed by atoms with Crippen molar-refractivity contribution in [3.63, 3.8) is 0 Å². The average molecular weight is 318 g/mol. The van der Waals surface area contributed by atoms with Gasteiger partial charge in [-0.25, -0.2) is 4.79 Å². The highest BCUT2D eigenvalue weighted by molar-refractivity contribution is 5.74. The highest BCUT2D eigenvalue weighted by Gasteiger charge is 2.28. The van der Waals surface area contributed by atoms with Gasteiger partial charge in [0.25, 0.3) is 0 Å². The molecule has 0 aliphatic heterocycles. The molecule has 0 heterocycles. The van der Waals surface area contributed by atoms with E-state index in [2.05, 4.69) is 5.32 Å². The highest BCUT2D eigenvalue weighted by Crippen LogP contribution is 2.30. The third-order valence-electron chi connectivity index (χ3n) is 4.80. The summed E-state index contributed by atoms with van der Waals surface area (Å²) in [6.07, 6.45) is 5.44. The van der Waals surface area contributed by atoms with Crippen molar-refractivity contribution in [2.45, 2.75) is 57.2 Å². The molecule has 0 atom stereocenters. The van der Waals surface area contributed by atoms with Gasteiger partial charge in [0.15, 0.2) is 0 Å². The first-order valence-corrected chi connectivity index (χ1v) is 8.61. The van der Waals surface area contributed by atoms with Crippen molar-refractivity contribution >= 4 is 6.03 Å². The molecule has 5 nitrogen and oxygen atoms in total. The molecule has 2 aliphatic carbocycles. The van der Waals surface area contributed by atoms with Gasteiger partial charge in [0.1, 0.15) is 5.75 Å². The zero-order valence-corrected chi connectivity index (χ0v) is 13.4. The Labute approximate surface area is 137 Å². The molecule has 23 heavy (non-hydrogen) atoms. The Morgan fingerprint density at radius 3 is 2.35 bits per heavy atom. The van der Waals surface area contributed by atoms with Crippen LogP contribution in [0.2, 0.25) is 0 Å². The zero-order valence-electron chi connectivity index (χ0n) is 13.4. The van der Waals surface area contributed by atoms with E-state index in [1.807, 2.05) is 17.0 Å². The molecule has 3 rings (SSSR count). The molecule has 0 unspecified atom stereocenters. The summed E-state index contributed by atoms with van der Waals surface area (Å²) in [6, 6.07) is 7.20. The SMILES string of the molecule is O=C(NC1CCC(O)CC1)N(Cc1ccc(O)cc1)CC1CC1. The fraction of sp³-hybridized carbons (Fsp3) is 0.611. The van der Waals surface area contributed by atoms with Gasteiger partial charge in [0.2, 0.25) is 0 Å². The Hall–Kier alpha value is -1.75. The van der Waals surface area contributed by atoms with Crippen LogP contribution in [0.25, 0.3) is 0 Å². The van der Waals surface area contributed by atoms with Gasteiger partial charge in [0.05, 0.1) is 6.10 Å². The molecule has 126 valence electrons. The second kappa shape index (κ2) is 7.21. The van der Waals surface area contributed by atoms with Crippen LogP contribution in [0.4, 0.5) is 4.79 Å². The number of aliphatic hydroxyl groups is 1. The van der Waals surface area contributed by atoms with E-state index in [9.17, 15) is 15.0 Å². The number of rotatable bonds is 5. The number of aromatic hydroxyl groups is 1. The van der Waals surface area contributed by atoms with Crippen LogP contribution in [-0.2, 0) is 6.54 Å². The second-order valence-electron chi connectivity index (χ2n) is 6.95. The minimum atomic E-state index is -0.206.